The van der Waals surface area contributed by atoms with Gasteiger partial charge in [0, 0.05) is 23.3 Å². The minimum Gasteiger partial charge on any atom is -0.298 e. The number of pyridine rings is 1. The molecule has 0 aliphatic rings. The molecule has 0 aliphatic heterocycles. The second kappa shape index (κ2) is 6.27. The molecule has 0 saturated heterocycles. The fraction of sp³-hybridized carbons (Fsp3) is 0.111. The van der Waals surface area contributed by atoms with Crippen LogP contribution in [-0.2, 0) is 0 Å². The number of aldehydes is 1. The van der Waals surface area contributed by atoms with E-state index >= 15 is 0 Å². The van der Waals surface area contributed by atoms with Crippen molar-refractivity contribution >= 4 is 22.6 Å². The summed E-state index contributed by atoms with van der Waals surface area (Å²) in [5.74, 6) is -0.353. The maximum Gasteiger partial charge on any atom is 0.150 e. The highest BCUT2D eigenvalue weighted by Crippen LogP contribution is 2.26. The van der Waals surface area contributed by atoms with E-state index in [4.69, 9.17) is 0 Å². The molecule has 0 N–H and O–H groups in total. The number of rotatable bonds is 4. The number of aromatic nitrogens is 1. The van der Waals surface area contributed by atoms with Crippen LogP contribution in [0.5, 0.6) is 0 Å². The van der Waals surface area contributed by atoms with Gasteiger partial charge in [0.25, 0.3) is 0 Å². The summed E-state index contributed by atoms with van der Waals surface area (Å²) in [6, 6.07) is 5.51. The summed E-state index contributed by atoms with van der Waals surface area (Å²) in [6.45, 7) is 6.98. The lowest BCUT2D eigenvalue weighted by atomic mass is 9.97. The fourth-order valence-electron chi connectivity index (χ4n) is 2.07. The van der Waals surface area contributed by atoms with Crippen LogP contribution in [0.1, 0.15) is 29.8 Å². The Hall–Kier alpha value is -2.55. The largest absolute Gasteiger partial charge is 0.298 e. The van der Waals surface area contributed by atoms with Crippen molar-refractivity contribution in [2.75, 3.05) is 0 Å². The van der Waals surface area contributed by atoms with Crippen LogP contribution < -0.4 is 0 Å². The van der Waals surface area contributed by atoms with Gasteiger partial charge in [0.15, 0.2) is 6.29 Å². The highest BCUT2D eigenvalue weighted by molar-refractivity contribution is 5.95. The highest BCUT2D eigenvalue weighted by atomic mass is 19.1. The summed E-state index contributed by atoms with van der Waals surface area (Å²) in [5.41, 5.74) is 2.39. The molecule has 1 aromatic carbocycles. The fourth-order valence-corrected chi connectivity index (χ4v) is 2.07. The van der Waals surface area contributed by atoms with Gasteiger partial charge in [-0.15, -0.1) is 0 Å². The van der Waals surface area contributed by atoms with E-state index in [1.165, 1.54) is 12.2 Å². The number of nitrogens with zero attached hydrogens (tertiary/aromatic N) is 1. The van der Waals surface area contributed by atoms with Crippen LogP contribution in [0.25, 0.3) is 16.3 Å². The van der Waals surface area contributed by atoms with Crippen LogP contribution in [0.4, 0.5) is 4.39 Å². The van der Waals surface area contributed by atoms with Crippen molar-refractivity contribution in [3.05, 3.63) is 71.9 Å². The van der Waals surface area contributed by atoms with E-state index in [1.54, 1.807) is 32.3 Å². The van der Waals surface area contributed by atoms with E-state index in [1.807, 2.05) is 12.1 Å². The monoisotopic (exact) mass is 281 g/mol. The lowest BCUT2D eigenvalue weighted by Crippen LogP contribution is -1.92. The molecule has 106 valence electrons. The van der Waals surface area contributed by atoms with Crippen molar-refractivity contribution in [2.24, 2.45) is 0 Å². The Balaban J connectivity index is 2.62. The number of hydrogen-bond acceptors (Lipinski definition) is 2. The molecule has 0 fully saturated rings. The molecule has 1 heterocycles. The molecule has 0 bridgehead atoms. The highest BCUT2D eigenvalue weighted by Gasteiger charge is 2.07. The first kappa shape index (κ1) is 14.9. The Morgan fingerprint density at radius 2 is 2.05 bits per heavy atom. The normalized spacial score (nSPS) is 13.0. The van der Waals surface area contributed by atoms with Crippen molar-refractivity contribution in [3.63, 3.8) is 0 Å². The molecular weight excluding hydrogens is 265 g/mol. The molecule has 21 heavy (non-hydrogen) atoms. The molecule has 0 aliphatic carbocycles. The Bertz CT molecular complexity index is 772. The second-order valence-electron chi connectivity index (χ2n) is 4.84. The molecular formula is C18H16FNO. The van der Waals surface area contributed by atoms with Crippen molar-refractivity contribution in [1.29, 1.82) is 0 Å². The third kappa shape index (κ3) is 3.14. The Kier molecular flexibility index (Phi) is 4.43. The van der Waals surface area contributed by atoms with Gasteiger partial charge >= 0.3 is 0 Å². The van der Waals surface area contributed by atoms with Crippen LogP contribution in [0.15, 0.2) is 60.7 Å². The van der Waals surface area contributed by atoms with Gasteiger partial charge in [-0.05, 0) is 60.2 Å². The Morgan fingerprint density at radius 3 is 2.71 bits per heavy atom. The summed E-state index contributed by atoms with van der Waals surface area (Å²) in [7, 11) is 0. The third-order valence-electron chi connectivity index (χ3n) is 3.39. The van der Waals surface area contributed by atoms with Gasteiger partial charge < -0.3 is 0 Å². The van der Waals surface area contributed by atoms with Gasteiger partial charge in [0.1, 0.15) is 5.83 Å². The number of halogens is 1. The Morgan fingerprint density at radius 1 is 1.29 bits per heavy atom. The van der Waals surface area contributed by atoms with Crippen LogP contribution in [0.2, 0.25) is 0 Å². The van der Waals surface area contributed by atoms with E-state index in [0.717, 1.165) is 22.6 Å². The average molecular weight is 281 g/mol. The van der Waals surface area contributed by atoms with Gasteiger partial charge in [-0.25, -0.2) is 4.39 Å². The zero-order chi connectivity index (χ0) is 15.4. The van der Waals surface area contributed by atoms with Crippen LogP contribution in [0, 0.1) is 0 Å². The summed E-state index contributed by atoms with van der Waals surface area (Å²) in [5, 5.41) is 1.85. The molecule has 0 atom stereocenters. The standard InChI is InChI=1S/C18H16FNO/c1-4-12(2)18(19)7-13(3)17-9-14-5-6-20-10-15(14)8-16(17)11-21/h4-11H,1H2,2-3H3/b13-7+,18-12+. The number of benzene rings is 1. The van der Waals surface area contributed by atoms with Gasteiger partial charge in [-0.2, -0.15) is 0 Å². The summed E-state index contributed by atoms with van der Waals surface area (Å²) >= 11 is 0. The SMILES string of the molecule is C=C/C(C)=C(F)\C=C(/C)c1cc2ccncc2cc1C=O. The van der Waals surface area contributed by atoms with Crippen molar-refractivity contribution in [1.82, 2.24) is 4.98 Å². The van der Waals surface area contributed by atoms with E-state index < -0.39 is 0 Å². The second-order valence-corrected chi connectivity index (χ2v) is 4.84. The lowest BCUT2D eigenvalue weighted by molar-refractivity contribution is 0.112. The summed E-state index contributed by atoms with van der Waals surface area (Å²) in [6.07, 6.45) is 7.06. The first-order valence-corrected chi connectivity index (χ1v) is 6.57. The van der Waals surface area contributed by atoms with Crippen molar-refractivity contribution < 1.29 is 9.18 Å². The molecule has 0 unspecified atom stereocenters. The predicted molar refractivity (Wildman–Crippen MR) is 84.8 cm³/mol. The lowest BCUT2D eigenvalue weighted by Gasteiger charge is -2.08. The van der Waals surface area contributed by atoms with E-state index in [9.17, 15) is 9.18 Å². The average Bonchev–Trinajstić information content (AvgIpc) is 2.52. The van der Waals surface area contributed by atoms with Crippen LogP contribution in [0.3, 0.4) is 0 Å². The van der Waals surface area contributed by atoms with Crippen LogP contribution >= 0.6 is 0 Å². The molecule has 0 spiro atoms. The smallest absolute Gasteiger partial charge is 0.150 e. The quantitative estimate of drug-likeness (QED) is 0.590. The third-order valence-corrected chi connectivity index (χ3v) is 3.39. The van der Waals surface area contributed by atoms with E-state index in [0.29, 0.717) is 16.7 Å². The van der Waals surface area contributed by atoms with Gasteiger partial charge in [-0.1, -0.05) is 12.7 Å². The van der Waals surface area contributed by atoms with Crippen molar-refractivity contribution in [3.8, 4) is 0 Å². The minimum absolute atomic E-state index is 0.353. The molecule has 0 saturated carbocycles. The zero-order valence-corrected chi connectivity index (χ0v) is 12.1. The number of allylic oxidation sites excluding steroid dienone is 5. The molecule has 3 heteroatoms. The Labute approximate surface area is 123 Å². The minimum atomic E-state index is -0.353. The van der Waals surface area contributed by atoms with E-state index in [2.05, 4.69) is 11.6 Å². The molecule has 2 nitrogen and oxygen atoms in total. The predicted octanol–water partition coefficient (Wildman–Crippen LogP) is 4.88. The number of carbonyl (C=O) groups excluding carboxylic acids is 1. The van der Waals surface area contributed by atoms with Crippen LogP contribution in [-0.4, -0.2) is 11.3 Å². The maximum absolute atomic E-state index is 13.9. The first-order chi connectivity index (χ1) is 10.1. The number of fused-ring (bicyclic) bond motifs is 1. The summed E-state index contributed by atoms with van der Waals surface area (Å²) < 4.78 is 13.9. The summed E-state index contributed by atoms with van der Waals surface area (Å²) in [4.78, 5) is 15.3. The topological polar surface area (TPSA) is 30.0 Å². The maximum atomic E-state index is 13.9. The van der Waals surface area contributed by atoms with Gasteiger partial charge in [0.2, 0.25) is 0 Å². The number of hydrogen-bond donors (Lipinski definition) is 0. The molecule has 2 aromatic rings. The van der Waals surface area contributed by atoms with Crippen molar-refractivity contribution in [2.45, 2.75) is 13.8 Å². The zero-order valence-electron chi connectivity index (χ0n) is 12.1. The molecule has 2 rings (SSSR count). The number of carbonyl (C=O) groups is 1. The van der Waals surface area contributed by atoms with Gasteiger partial charge in [-0.3, -0.25) is 9.78 Å². The molecule has 0 amide bonds. The molecule has 0 radical (unpaired) electrons. The molecule has 1 aromatic heterocycles. The first-order valence-electron chi connectivity index (χ1n) is 6.57. The van der Waals surface area contributed by atoms with E-state index in [-0.39, 0.29) is 5.83 Å². The van der Waals surface area contributed by atoms with Gasteiger partial charge in [0.05, 0.1) is 0 Å².